The summed E-state index contributed by atoms with van der Waals surface area (Å²) < 4.78 is 26.2. The van der Waals surface area contributed by atoms with E-state index in [4.69, 9.17) is 4.74 Å². The summed E-state index contributed by atoms with van der Waals surface area (Å²) in [6.45, 7) is 2.29. The molecule has 0 N–H and O–H groups in total. The zero-order valence-corrected chi connectivity index (χ0v) is 8.94. The zero-order chi connectivity index (χ0) is 10.4. The fraction of sp³-hybridized carbons (Fsp3) is 0.400. The summed E-state index contributed by atoms with van der Waals surface area (Å²) in [5.41, 5.74) is 0. The number of benzene rings is 1. The van der Waals surface area contributed by atoms with Crippen molar-refractivity contribution in [1.82, 2.24) is 0 Å². The van der Waals surface area contributed by atoms with E-state index in [1.807, 2.05) is 37.3 Å². The quantitative estimate of drug-likeness (QED) is 0.752. The van der Waals surface area contributed by atoms with Crippen LogP contribution in [0.25, 0.3) is 0 Å². The maximum atomic E-state index is 10.4. The Morgan fingerprint density at radius 2 is 1.93 bits per heavy atom. The summed E-state index contributed by atoms with van der Waals surface area (Å²) in [6.07, 6.45) is 0. The van der Waals surface area contributed by atoms with Gasteiger partial charge in [-0.1, -0.05) is 25.1 Å². The molecule has 1 unspecified atom stereocenters. The summed E-state index contributed by atoms with van der Waals surface area (Å²) in [5, 5.41) is 0. The van der Waals surface area contributed by atoms with Gasteiger partial charge in [0.15, 0.2) is 0 Å². The van der Waals surface area contributed by atoms with E-state index in [-0.39, 0.29) is 11.7 Å². The van der Waals surface area contributed by atoms with Crippen LogP contribution in [0.3, 0.4) is 0 Å². The Balaban J connectivity index is 2.34. The molecule has 78 valence electrons. The van der Waals surface area contributed by atoms with Crippen molar-refractivity contribution in [2.75, 3.05) is 12.4 Å². The first-order valence-electron chi connectivity index (χ1n) is 4.48. The Kier molecular flexibility index (Phi) is 4.46. The highest BCUT2D eigenvalue weighted by molar-refractivity contribution is 7.72. The Morgan fingerprint density at radius 1 is 1.29 bits per heavy atom. The Labute approximate surface area is 85.7 Å². The van der Waals surface area contributed by atoms with Gasteiger partial charge in [-0.15, -0.1) is 0 Å². The highest BCUT2D eigenvalue weighted by Gasteiger charge is 2.03. The maximum Gasteiger partial charge on any atom is 0.140 e. The molecule has 0 saturated carbocycles. The number of para-hydroxylation sites is 1. The topological polar surface area (TPSA) is 43.4 Å². The Bertz CT molecular complexity index is 324. The molecule has 0 spiro atoms. The molecule has 0 heterocycles. The molecule has 0 fully saturated rings. The third-order valence-corrected chi connectivity index (χ3v) is 2.66. The van der Waals surface area contributed by atoms with Gasteiger partial charge < -0.3 is 4.74 Å². The van der Waals surface area contributed by atoms with Gasteiger partial charge in [0.1, 0.15) is 16.5 Å². The van der Waals surface area contributed by atoms with E-state index in [1.165, 1.54) is 0 Å². The first kappa shape index (κ1) is 11.0. The lowest BCUT2D eigenvalue weighted by Crippen LogP contribution is -2.13. The van der Waals surface area contributed by atoms with E-state index >= 15 is 0 Å². The standard InChI is InChI=1S/C10H14O3S/c1-9(8-14(11)12)7-13-10-5-3-2-4-6-10/h2-6,9,14H,7-8H2,1H3. The molecule has 14 heavy (non-hydrogen) atoms. The lowest BCUT2D eigenvalue weighted by Gasteiger charge is -2.09. The molecule has 3 nitrogen and oxygen atoms in total. The monoisotopic (exact) mass is 214 g/mol. The molecule has 1 aromatic carbocycles. The van der Waals surface area contributed by atoms with Crippen molar-refractivity contribution < 1.29 is 13.2 Å². The van der Waals surface area contributed by atoms with Gasteiger partial charge in [0.2, 0.25) is 0 Å². The van der Waals surface area contributed by atoms with E-state index in [0.717, 1.165) is 5.75 Å². The van der Waals surface area contributed by atoms with E-state index in [0.29, 0.717) is 6.61 Å². The molecule has 0 aromatic heterocycles. The molecule has 0 saturated heterocycles. The van der Waals surface area contributed by atoms with E-state index < -0.39 is 10.7 Å². The molecule has 0 aliphatic heterocycles. The van der Waals surface area contributed by atoms with Crippen LogP contribution in [0, 0.1) is 5.92 Å². The van der Waals surface area contributed by atoms with Gasteiger partial charge in [0.25, 0.3) is 0 Å². The first-order valence-corrected chi connectivity index (χ1v) is 5.84. The van der Waals surface area contributed by atoms with Gasteiger partial charge in [0, 0.05) is 5.92 Å². The second-order valence-electron chi connectivity index (χ2n) is 3.24. The maximum absolute atomic E-state index is 10.4. The highest BCUT2D eigenvalue weighted by atomic mass is 32.2. The minimum absolute atomic E-state index is 0.0383. The molecule has 1 rings (SSSR count). The molecule has 4 heteroatoms. The molecule has 1 atom stereocenters. The second-order valence-corrected chi connectivity index (χ2v) is 4.28. The van der Waals surface area contributed by atoms with Crippen LogP contribution < -0.4 is 4.74 Å². The molecule has 0 aliphatic rings. The van der Waals surface area contributed by atoms with Crippen molar-refractivity contribution in [1.29, 1.82) is 0 Å². The van der Waals surface area contributed by atoms with Crippen molar-refractivity contribution in [3.05, 3.63) is 30.3 Å². The molecule has 0 aliphatic carbocycles. The van der Waals surface area contributed by atoms with Gasteiger partial charge in [-0.3, -0.25) is 0 Å². The normalized spacial score (nSPS) is 12.7. The van der Waals surface area contributed by atoms with Crippen LogP contribution in [0.15, 0.2) is 30.3 Å². The number of ether oxygens (including phenoxy) is 1. The number of thiol groups is 1. The molecule has 1 aromatic rings. The predicted molar refractivity (Wildman–Crippen MR) is 56.3 cm³/mol. The van der Waals surface area contributed by atoms with Crippen LogP contribution in [0.4, 0.5) is 0 Å². The van der Waals surface area contributed by atoms with Crippen LogP contribution in [0.2, 0.25) is 0 Å². The summed E-state index contributed by atoms with van der Waals surface area (Å²) in [7, 11) is -2.30. The largest absolute Gasteiger partial charge is 0.493 e. The van der Waals surface area contributed by atoms with Crippen molar-refractivity contribution in [2.45, 2.75) is 6.92 Å². The third-order valence-electron chi connectivity index (χ3n) is 1.74. The number of hydrogen-bond acceptors (Lipinski definition) is 3. The summed E-state index contributed by atoms with van der Waals surface area (Å²) in [5.74, 6) is 0.999. The van der Waals surface area contributed by atoms with Crippen LogP contribution in [0.5, 0.6) is 5.75 Å². The SMILES string of the molecule is CC(COc1ccccc1)C[SH](=O)=O. The molecule has 0 radical (unpaired) electrons. The summed E-state index contributed by atoms with van der Waals surface area (Å²) in [6, 6.07) is 9.38. The lowest BCUT2D eigenvalue weighted by molar-refractivity contribution is 0.272. The fourth-order valence-electron chi connectivity index (χ4n) is 1.06. The van der Waals surface area contributed by atoms with Crippen LogP contribution in [-0.4, -0.2) is 20.8 Å². The zero-order valence-electron chi connectivity index (χ0n) is 8.05. The molecule has 0 amide bonds. The lowest BCUT2D eigenvalue weighted by atomic mass is 10.2. The summed E-state index contributed by atoms with van der Waals surface area (Å²) in [4.78, 5) is 0. The minimum atomic E-state index is -2.30. The minimum Gasteiger partial charge on any atom is -0.493 e. The van der Waals surface area contributed by atoms with Gasteiger partial charge in [0.05, 0.1) is 12.4 Å². The molecule has 0 bridgehead atoms. The van der Waals surface area contributed by atoms with E-state index in [9.17, 15) is 8.42 Å². The van der Waals surface area contributed by atoms with Crippen molar-refractivity contribution >= 4 is 10.7 Å². The van der Waals surface area contributed by atoms with Gasteiger partial charge in [-0.25, -0.2) is 8.42 Å². The van der Waals surface area contributed by atoms with Gasteiger partial charge in [-0.2, -0.15) is 0 Å². The Hall–Kier alpha value is -1.03. The van der Waals surface area contributed by atoms with Crippen molar-refractivity contribution in [3.8, 4) is 5.75 Å². The Morgan fingerprint density at radius 3 is 2.50 bits per heavy atom. The van der Waals surface area contributed by atoms with Gasteiger partial charge >= 0.3 is 0 Å². The smallest absolute Gasteiger partial charge is 0.140 e. The van der Waals surface area contributed by atoms with Crippen molar-refractivity contribution in [3.63, 3.8) is 0 Å². The third kappa shape index (κ3) is 4.28. The van der Waals surface area contributed by atoms with E-state index in [1.54, 1.807) is 0 Å². The van der Waals surface area contributed by atoms with Crippen LogP contribution in [-0.2, 0) is 10.7 Å². The highest BCUT2D eigenvalue weighted by Crippen LogP contribution is 2.09. The number of rotatable bonds is 5. The van der Waals surface area contributed by atoms with E-state index in [2.05, 4.69) is 0 Å². The molecular weight excluding hydrogens is 200 g/mol. The summed E-state index contributed by atoms with van der Waals surface area (Å²) >= 11 is 0. The predicted octanol–water partition coefficient (Wildman–Crippen LogP) is 1.31. The number of hydrogen-bond donors (Lipinski definition) is 1. The van der Waals surface area contributed by atoms with Gasteiger partial charge in [-0.05, 0) is 12.1 Å². The molecular formula is C10H14O3S. The average molecular weight is 214 g/mol. The van der Waals surface area contributed by atoms with Crippen molar-refractivity contribution in [2.24, 2.45) is 5.92 Å². The first-order chi connectivity index (χ1) is 6.68. The second kappa shape index (κ2) is 5.65. The fourth-order valence-corrected chi connectivity index (χ4v) is 1.68. The van der Waals surface area contributed by atoms with Crippen LogP contribution in [0.1, 0.15) is 6.92 Å². The average Bonchev–Trinajstić information content (AvgIpc) is 2.15. The van der Waals surface area contributed by atoms with Crippen LogP contribution >= 0.6 is 0 Å².